The number of ether oxygens (including phenoxy) is 1. The van der Waals surface area contributed by atoms with Gasteiger partial charge in [0.25, 0.3) is 0 Å². The van der Waals surface area contributed by atoms with E-state index >= 15 is 0 Å². The van der Waals surface area contributed by atoms with Gasteiger partial charge in [-0.05, 0) is 24.0 Å². The molecule has 1 atom stereocenters. The summed E-state index contributed by atoms with van der Waals surface area (Å²) in [5, 5.41) is 0. The molecule has 0 aliphatic rings. The molecule has 2 N–H and O–H groups in total. The average molecular weight is 207 g/mol. The number of nitrogens with two attached hydrogens (primary N) is 1. The summed E-state index contributed by atoms with van der Waals surface area (Å²) in [6.07, 6.45) is 0.928. The molecule has 0 aliphatic carbocycles. The Hall–Kier alpha value is -1.02. The summed E-state index contributed by atoms with van der Waals surface area (Å²) in [6.45, 7) is 6.43. The molecular weight excluding hydrogens is 186 g/mol. The van der Waals surface area contributed by atoms with Crippen LogP contribution in [0.2, 0.25) is 0 Å². The fourth-order valence-corrected chi connectivity index (χ4v) is 1.61. The number of benzene rings is 1. The largest absolute Gasteiger partial charge is 0.496 e. The summed E-state index contributed by atoms with van der Waals surface area (Å²) in [5.41, 5.74) is 8.41. The minimum atomic E-state index is 0.0705. The van der Waals surface area contributed by atoms with Gasteiger partial charge in [0.15, 0.2) is 0 Å². The highest BCUT2D eigenvalue weighted by atomic mass is 16.5. The van der Waals surface area contributed by atoms with Crippen molar-refractivity contribution in [2.24, 2.45) is 5.73 Å². The fraction of sp³-hybridized carbons (Fsp3) is 0.538. The zero-order chi connectivity index (χ0) is 11.4. The average Bonchev–Trinajstić information content (AvgIpc) is 2.27. The highest BCUT2D eigenvalue weighted by molar-refractivity contribution is 5.40. The van der Waals surface area contributed by atoms with Crippen LogP contribution in [0.4, 0.5) is 0 Å². The Labute approximate surface area is 92.4 Å². The molecule has 2 heteroatoms. The van der Waals surface area contributed by atoms with Gasteiger partial charge in [0.1, 0.15) is 5.75 Å². The van der Waals surface area contributed by atoms with Crippen molar-refractivity contribution >= 4 is 0 Å². The molecule has 0 spiro atoms. The highest BCUT2D eigenvalue weighted by Gasteiger charge is 2.11. The third kappa shape index (κ3) is 2.72. The van der Waals surface area contributed by atoms with Gasteiger partial charge in [0, 0.05) is 11.6 Å². The molecule has 1 aromatic carbocycles. The van der Waals surface area contributed by atoms with Crippen LogP contribution in [-0.2, 0) is 0 Å². The van der Waals surface area contributed by atoms with Crippen molar-refractivity contribution in [1.29, 1.82) is 0 Å². The van der Waals surface area contributed by atoms with Gasteiger partial charge < -0.3 is 10.5 Å². The Morgan fingerprint density at radius 3 is 2.47 bits per heavy atom. The van der Waals surface area contributed by atoms with Crippen LogP contribution in [0.15, 0.2) is 18.2 Å². The van der Waals surface area contributed by atoms with Crippen LogP contribution in [-0.4, -0.2) is 7.11 Å². The lowest BCUT2D eigenvalue weighted by Crippen LogP contribution is -2.10. The number of rotatable bonds is 4. The van der Waals surface area contributed by atoms with Gasteiger partial charge >= 0.3 is 0 Å². The maximum atomic E-state index is 6.02. The minimum Gasteiger partial charge on any atom is -0.496 e. The third-order valence-corrected chi connectivity index (χ3v) is 2.76. The molecule has 0 bridgehead atoms. The molecule has 2 nitrogen and oxygen atoms in total. The van der Waals surface area contributed by atoms with Crippen LogP contribution in [0, 0.1) is 0 Å². The number of hydrogen-bond acceptors (Lipinski definition) is 2. The molecule has 0 radical (unpaired) electrons. The third-order valence-electron chi connectivity index (χ3n) is 2.76. The molecule has 1 rings (SSSR count). The molecule has 0 amide bonds. The van der Waals surface area contributed by atoms with E-state index in [4.69, 9.17) is 10.5 Å². The summed E-state index contributed by atoms with van der Waals surface area (Å²) in [6, 6.07) is 6.39. The van der Waals surface area contributed by atoms with E-state index in [0.717, 1.165) is 17.7 Å². The highest BCUT2D eigenvalue weighted by Crippen LogP contribution is 2.29. The van der Waals surface area contributed by atoms with E-state index in [1.165, 1.54) is 5.56 Å². The number of methoxy groups -OCH3 is 1. The molecule has 1 unspecified atom stereocenters. The van der Waals surface area contributed by atoms with Crippen molar-refractivity contribution in [1.82, 2.24) is 0 Å². The van der Waals surface area contributed by atoms with Crippen LogP contribution in [0.5, 0.6) is 5.75 Å². The molecule has 0 saturated heterocycles. The van der Waals surface area contributed by atoms with Crippen molar-refractivity contribution < 1.29 is 4.74 Å². The van der Waals surface area contributed by atoms with Gasteiger partial charge in [-0.3, -0.25) is 0 Å². The molecule has 15 heavy (non-hydrogen) atoms. The lowest BCUT2D eigenvalue weighted by Gasteiger charge is -2.16. The summed E-state index contributed by atoms with van der Waals surface area (Å²) in [4.78, 5) is 0. The van der Waals surface area contributed by atoms with E-state index in [2.05, 4.69) is 39.0 Å². The van der Waals surface area contributed by atoms with Gasteiger partial charge in [-0.15, -0.1) is 0 Å². The van der Waals surface area contributed by atoms with Crippen molar-refractivity contribution in [3.05, 3.63) is 29.3 Å². The molecule has 0 heterocycles. The van der Waals surface area contributed by atoms with E-state index in [1.807, 2.05) is 0 Å². The predicted molar refractivity (Wildman–Crippen MR) is 64.3 cm³/mol. The molecule has 1 aromatic rings. The Bertz CT molecular complexity index is 320. The molecule has 0 aromatic heterocycles. The predicted octanol–water partition coefficient (Wildman–Crippen LogP) is 3.23. The first-order valence-electron chi connectivity index (χ1n) is 5.53. The van der Waals surface area contributed by atoms with E-state index in [1.54, 1.807) is 7.11 Å². The van der Waals surface area contributed by atoms with Gasteiger partial charge in [-0.2, -0.15) is 0 Å². The second kappa shape index (κ2) is 5.17. The van der Waals surface area contributed by atoms with E-state index in [-0.39, 0.29) is 6.04 Å². The summed E-state index contributed by atoms with van der Waals surface area (Å²) >= 11 is 0. The molecule has 84 valence electrons. The van der Waals surface area contributed by atoms with Crippen LogP contribution < -0.4 is 10.5 Å². The maximum Gasteiger partial charge on any atom is 0.123 e. The Kier molecular flexibility index (Phi) is 4.15. The smallest absolute Gasteiger partial charge is 0.123 e. The topological polar surface area (TPSA) is 35.2 Å². The van der Waals surface area contributed by atoms with Crippen molar-refractivity contribution in [2.45, 2.75) is 39.2 Å². The van der Waals surface area contributed by atoms with Crippen LogP contribution >= 0.6 is 0 Å². The van der Waals surface area contributed by atoms with E-state index in [9.17, 15) is 0 Å². The number of hydrogen-bond donors (Lipinski definition) is 1. The van der Waals surface area contributed by atoms with Crippen LogP contribution in [0.25, 0.3) is 0 Å². The SMILES string of the molecule is CCC(N)c1ccc(C(C)C)cc1OC. The normalized spacial score (nSPS) is 12.9. The van der Waals surface area contributed by atoms with Crippen molar-refractivity contribution in [2.75, 3.05) is 7.11 Å². The van der Waals surface area contributed by atoms with Crippen LogP contribution in [0.3, 0.4) is 0 Å². The summed E-state index contributed by atoms with van der Waals surface area (Å²) in [7, 11) is 1.70. The lowest BCUT2D eigenvalue weighted by molar-refractivity contribution is 0.404. The molecule has 0 fully saturated rings. The summed E-state index contributed by atoms with van der Waals surface area (Å²) in [5.74, 6) is 1.43. The second-order valence-corrected chi connectivity index (χ2v) is 4.17. The Morgan fingerprint density at radius 2 is 2.00 bits per heavy atom. The standard InChI is InChI=1S/C13H21NO/c1-5-12(14)11-7-6-10(9(2)3)8-13(11)15-4/h6-9,12H,5,14H2,1-4H3. The first-order chi connectivity index (χ1) is 7.10. The van der Waals surface area contributed by atoms with Crippen LogP contribution in [0.1, 0.15) is 50.3 Å². The monoisotopic (exact) mass is 207 g/mol. The maximum absolute atomic E-state index is 6.02. The first-order valence-corrected chi connectivity index (χ1v) is 5.53. The van der Waals surface area contributed by atoms with Gasteiger partial charge in [-0.25, -0.2) is 0 Å². The van der Waals surface area contributed by atoms with Gasteiger partial charge in [0.05, 0.1) is 7.11 Å². The summed E-state index contributed by atoms with van der Waals surface area (Å²) < 4.78 is 5.38. The Morgan fingerprint density at radius 1 is 1.33 bits per heavy atom. The van der Waals surface area contributed by atoms with E-state index < -0.39 is 0 Å². The second-order valence-electron chi connectivity index (χ2n) is 4.17. The van der Waals surface area contributed by atoms with E-state index in [0.29, 0.717) is 5.92 Å². The zero-order valence-corrected chi connectivity index (χ0v) is 10.1. The fourth-order valence-electron chi connectivity index (χ4n) is 1.61. The first kappa shape index (κ1) is 12.1. The molecule has 0 saturated carbocycles. The molecular formula is C13H21NO. The lowest BCUT2D eigenvalue weighted by atomic mass is 9.97. The van der Waals surface area contributed by atoms with Crippen molar-refractivity contribution in [3.8, 4) is 5.75 Å². The quantitative estimate of drug-likeness (QED) is 0.822. The molecule has 0 aliphatic heterocycles. The van der Waals surface area contributed by atoms with Gasteiger partial charge in [0.2, 0.25) is 0 Å². The Balaban J connectivity index is 3.09. The van der Waals surface area contributed by atoms with Gasteiger partial charge in [-0.1, -0.05) is 32.9 Å². The van der Waals surface area contributed by atoms with Crippen molar-refractivity contribution in [3.63, 3.8) is 0 Å². The minimum absolute atomic E-state index is 0.0705. The zero-order valence-electron chi connectivity index (χ0n) is 10.1.